The van der Waals surface area contributed by atoms with Crippen molar-refractivity contribution < 1.29 is 27.5 Å². The Morgan fingerprint density at radius 1 is 0.851 bits per heavy atom. The van der Waals surface area contributed by atoms with Crippen molar-refractivity contribution in [1.82, 2.24) is 10.6 Å². The standard InChI is InChI=1S/C38H37F3N2O3S/c1-25-17-19-26(20-18-25)28-10-2-3-13-31(28)35(44)43-27-22-46-34(47-23-27)16-8-9-21-37(36(45)42-24-38(39,40)41)32-14-6-4-11-29(32)30-12-5-7-15-33(30)37/h2-7,10-15,17-20,27,34H,8-9,16,21-24H2,1H3,(H,42,45)(H,43,44). The topological polar surface area (TPSA) is 67.4 Å². The second kappa shape index (κ2) is 14.0. The maximum absolute atomic E-state index is 13.7. The van der Waals surface area contributed by atoms with Crippen LogP contribution in [0.5, 0.6) is 0 Å². The fourth-order valence-corrected chi connectivity index (χ4v) is 7.84. The molecule has 9 heteroatoms. The van der Waals surface area contributed by atoms with E-state index in [0.29, 0.717) is 30.8 Å². The first-order chi connectivity index (χ1) is 22.7. The fraction of sp³-hybridized carbons (Fsp3) is 0.316. The second-order valence-electron chi connectivity index (χ2n) is 12.2. The van der Waals surface area contributed by atoms with Crippen LogP contribution in [0.15, 0.2) is 97.1 Å². The van der Waals surface area contributed by atoms with E-state index in [0.717, 1.165) is 51.8 Å². The predicted molar refractivity (Wildman–Crippen MR) is 180 cm³/mol. The minimum Gasteiger partial charge on any atom is -0.365 e. The molecule has 1 fully saturated rings. The van der Waals surface area contributed by atoms with Gasteiger partial charge in [-0.2, -0.15) is 13.2 Å². The first-order valence-electron chi connectivity index (χ1n) is 15.9. The Kier molecular flexibility index (Phi) is 9.75. The summed E-state index contributed by atoms with van der Waals surface area (Å²) in [4.78, 5) is 27.0. The summed E-state index contributed by atoms with van der Waals surface area (Å²) in [7, 11) is 0. The maximum atomic E-state index is 13.7. The lowest BCUT2D eigenvalue weighted by Crippen LogP contribution is -2.47. The van der Waals surface area contributed by atoms with Crippen molar-refractivity contribution in [2.45, 2.75) is 55.7 Å². The molecule has 244 valence electrons. The number of amides is 2. The Morgan fingerprint density at radius 2 is 1.47 bits per heavy atom. The summed E-state index contributed by atoms with van der Waals surface area (Å²) >= 11 is 1.65. The SMILES string of the molecule is Cc1ccc(-c2ccccc2C(=O)NC2COC(CCCCC3(C(=O)NCC(F)(F)F)c4ccccc4-c4ccccc43)SC2)cc1. The molecule has 2 aliphatic rings. The third-order valence-corrected chi connectivity index (χ3v) is 10.3. The van der Waals surface area contributed by atoms with Crippen LogP contribution in [-0.2, 0) is 14.9 Å². The predicted octanol–water partition coefficient (Wildman–Crippen LogP) is 8.06. The summed E-state index contributed by atoms with van der Waals surface area (Å²) < 4.78 is 45.6. The second-order valence-corrected chi connectivity index (χ2v) is 13.4. The normalized spacial score (nSPS) is 18.2. The van der Waals surface area contributed by atoms with Gasteiger partial charge in [-0.05, 0) is 65.6 Å². The molecule has 4 aromatic carbocycles. The number of rotatable bonds is 10. The minimum atomic E-state index is -4.51. The van der Waals surface area contributed by atoms with E-state index in [9.17, 15) is 22.8 Å². The molecule has 4 aromatic rings. The highest BCUT2D eigenvalue weighted by Gasteiger charge is 2.49. The van der Waals surface area contributed by atoms with Crippen molar-refractivity contribution in [3.63, 3.8) is 0 Å². The summed E-state index contributed by atoms with van der Waals surface area (Å²) in [6.45, 7) is 1.04. The summed E-state index contributed by atoms with van der Waals surface area (Å²) in [5.41, 5.74) is 5.61. The van der Waals surface area contributed by atoms with Crippen LogP contribution >= 0.6 is 11.8 Å². The van der Waals surface area contributed by atoms with Gasteiger partial charge in [0.15, 0.2) is 0 Å². The zero-order chi connectivity index (χ0) is 33.0. The quantitative estimate of drug-likeness (QED) is 0.169. The molecule has 2 atom stereocenters. The number of ether oxygens (including phenoxy) is 1. The van der Waals surface area contributed by atoms with E-state index >= 15 is 0 Å². The van der Waals surface area contributed by atoms with E-state index in [1.54, 1.807) is 11.8 Å². The van der Waals surface area contributed by atoms with Gasteiger partial charge in [-0.25, -0.2) is 0 Å². The Balaban J connectivity index is 1.06. The lowest BCUT2D eigenvalue weighted by molar-refractivity contribution is -0.141. The lowest BCUT2D eigenvalue weighted by Gasteiger charge is -2.32. The molecule has 0 spiro atoms. The number of aryl methyl sites for hydroxylation is 1. The van der Waals surface area contributed by atoms with Gasteiger partial charge >= 0.3 is 6.18 Å². The molecule has 2 amide bonds. The first kappa shape index (κ1) is 32.8. The van der Waals surface area contributed by atoms with Crippen LogP contribution in [0.2, 0.25) is 0 Å². The number of thioether (sulfide) groups is 1. The Labute approximate surface area is 277 Å². The van der Waals surface area contributed by atoms with E-state index in [1.807, 2.05) is 104 Å². The first-order valence-corrected chi connectivity index (χ1v) is 17.0. The molecule has 0 aromatic heterocycles. The van der Waals surface area contributed by atoms with Gasteiger partial charge in [0.05, 0.1) is 12.6 Å². The maximum Gasteiger partial charge on any atom is 0.405 e. The van der Waals surface area contributed by atoms with Gasteiger partial charge in [-0.1, -0.05) is 103 Å². The van der Waals surface area contributed by atoms with Crippen LogP contribution in [0, 0.1) is 6.92 Å². The highest BCUT2D eigenvalue weighted by atomic mass is 32.2. The van der Waals surface area contributed by atoms with Crippen molar-refractivity contribution in [3.05, 3.63) is 119 Å². The molecule has 0 bridgehead atoms. The number of unbranched alkanes of at least 4 members (excludes halogenated alkanes) is 1. The zero-order valence-electron chi connectivity index (χ0n) is 26.1. The molecule has 2 unspecified atom stereocenters. The molecule has 47 heavy (non-hydrogen) atoms. The minimum absolute atomic E-state index is 0.0684. The number of nitrogens with one attached hydrogen (secondary N) is 2. The van der Waals surface area contributed by atoms with E-state index in [1.165, 1.54) is 0 Å². The van der Waals surface area contributed by atoms with Crippen LogP contribution < -0.4 is 10.6 Å². The van der Waals surface area contributed by atoms with Crippen molar-refractivity contribution in [1.29, 1.82) is 0 Å². The van der Waals surface area contributed by atoms with Crippen LogP contribution in [0.3, 0.4) is 0 Å². The van der Waals surface area contributed by atoms with Crippen molar-refractivity contribution in [2.24, 2.45) is 0 Å². The molecule has 2 N–H and O–H groups in total. The van der Waals surface area contributed by atoms with E-state index < -0.39 is 24.0 Å². The smallest absolute Gasteiger partial charge is 0.365 e. The number of fused-ring (bicyclic) bond motifs is 3. The Hall–Kier alpha value is -4.08. The summed E-state index contributed by atoms with van der Waals surface area (Å²) in [5, 5.41) is 5.33. The molecule has 0 radical (unpaired) electrons. The van der Waals surface area contributed by atoms with Gasteiger partial charge in [0.2, 0.25) is 5.91 Å². The highest BCUT2D eigenvalue weighted by Crippen LogP contribution is 2.51. The molecule has 0 saturated carbocycles. The van der Waals surface area contributed by atoms with Gasteiger partial charge in [-0.3, -0.25) is 9.59 Å². The number of carbonyl (C=O) groups excluding carboxylic acids is 2. The zero-order valence-corrected chi connectivity index (χ0v) is 26.9. The van der Waals surface area contributed by atoms with Crippen molar-refractivity contribution in [2.75, 3.05) is 18.9 Å². The van der Waals surface area contributed by atoms with Gasteiger partial charge in [0.25, 0.3) is 5.91 Å². The molecule has 5 nitrogen and oxygen atoms in total. The number of alkyl halides is 3. The third kappa shape index (κ3) is 7.11. The molecule has 1 aliphatic carbocycles. The average Bonchev–Trinajstić information content (AvgIpc) is 3.37. The largest absolute Gasteiger partial charge is 0.405 e. The van der Waals surface area contributed by atoms with Crippen LogP contribution in [0.25, 0.3) is 22.3 Å². The highest BCUT2D eigenvalue weighted by molar-refractivity contribution is 7.99. The van der Waals surface area contributed by atoms with Crippen LogP contribution in [0.4, 0.5) is 13.2 Å². The molecule has 1 saturated heterocycles. The molecule has 1 heterocycles. The Morgan fingerprint density at radius 3 is 2.09 bits per heavy atom. The number of hydrogen-bond acceptors (Lipinski definition) is 4. The molecular weight excluding hydrogens is 621 g/mol. The van der Waals surface area contributed by atoms with Crippen molar-refractivity contribution in [3.8, 4) is 22.3 Å². The average molecular weight is 659 g/mol. The Bertz CT molecular complexity index is 1690. The summed E-state index contributed by atoms with van der Waals surface area (Å²) in [5.74, 6) is -0.0636. The summed E-state index contributed by atoms with van der Waals surface area (Å²) in [6.07, 6.45) is -2.05. The van der Waals surface area contributed by atoms with Gasteiger partial charge < -0.3 is 15.4 Å². The fourth-order valence-electron chi connectivity index (χ4n) is 6.71. The van der Waals surface area contributed by atoms with Gasteiger partial charge in [0, 0.05) is 11.3 Å². The molecule has 1 aliphatic heterocycles. The van der Waals surface area contributed by atoms with Crippen LogP contribution in [0.1, 0.15) is 52.7 Å². The monoisotopic (exact) mass is 658 g/mol. The van der Waals surface area contributed by atoms with Crippen molar-refractivity contribution >= 4 is 23.6 Å². The number of hydrogen-bond donors (Lipinski definition) is 2. The molecule has 6 rings (SSSR count). The number of benzene rings is 4. The summed E-state index contributed by atoms with van der Waals surface area (Å²) in [6, 6.07) is 30.5. The number of halogens is 3. The van der Waals surface area contributed by atoms with E-state index in [-0.39, 0.29) is 17.4 Å². The van der Waals surface area contributed by atoms with Crippen LogP contribution in [-0.4, -0.2) is 48.4 Å². The lowest BCUT2D eigenvalue weighted by atomic mass is 9.73. The van der Waals surface area contributed by atoms with Gasteiger partial charge in [0.1, 0.15) is 17.4 Å². The number of carbonyl (C=O) groups is 2. The van der Waals surface area contributed by atoms with E-state index in [4.69, 9.17) is 4.74 Å². The van der Waals surface area contributed by atoms with Gasteiger partial charge in [-0.15, -0.1) is 11.8 Å². The third-order valence-electron chi connectivity index (χ3n) is 8.98. The van der Waals surface area contributed by atoms with E-state index in [2.05, 4.69) is 10.6 Å². The molecular formula is C38H37F3N2O3S.